The second kappa shape index (κ2) is 8.79. The quantitative estimate of drug-likeness (QED) is 0.645. The van der Waals surface area contributed by atoms with Gasteiger partial charge in [0.2, 0.25) is 5.91 Å². The number of nitrogens with zero attached hydrogens (tertiary/aromatic N) is 5. The third kappa shape index (κ3) is 4.61. The highest BCUT2D eigenvalue weighted by Crippen LogP contribution is 2.22. The largest absolute Gasteiger partial charge is 0.395 e. The monoisotopic (exact) mass is 433 g/mol. The van der Waals surface area contributed by atoms with Crippen LogP contribution in [-0.2, 0) is 24.3 Å². The summed E-state index contributed by atoms with van der Waals surface area (Å²) in [5, 5.41) is 13.0. The molecule has 1 aromatic carbocycles. The third-order valence-electron chi connectivity index (χ3n) is 5.17. The molecular weight excluding hydrogens is 410 g/mol. The van der Waals surface area contributed by atoms with Crippen LogP contribution in [0.2, 0.25) is 5.02 Å². The number of carbonyl (C=O) groups is 1. The first-order valence-corrected chi connectivity index (χ1v) is 11.0. The van der Waals surface area contributed by atoms with E-state index >= 15 is 0 Å². The zero-order chi connectivity index (χ0) is 20.4. The third-order valence-corrected chi connectivity index (χ3v) is 6.37. The number of piperazine rings is 1. The van der Waals surface area contributed by atoms with Crippen molar-refractivity contribution in [1.29, 1.82) is 0 Å². The predicted octanol–water partition coefficient (Wildman–Crippen LogP) is 2.33. The van der Waals surface area contributed by atoms with Crippen molar-refractivity contribution >= 4 is 39.9 Å². The molecule has 0 bridgehead atoms. The molecule has 1 amide bonds. The van der Waals surface area contributed by atoms with Gasteiger partial charge in [0.15, 0.2) is 0 Å². The van der Waals surface area contributed by atoms with Crippen molar-refractivity contribution in [3.8, 4) is 0 Å². The molecule has 3 aromatic rings. The minimum Gasteiger partial charge on any atom is -0.395 e. The number of imidazole rings is 1. The smallest absolute Gasteiger partial charge is 0.229 e. The molecule has 9 heteroatoms. The molecule has 1 aliphatic rings. The Morgan fingerprint density at radius 3 is 2.72 bits per heavy atom. The van der Waals surface area contributed by atoms with E-state index in [1.165, 1.54) is 0 Å². The number of aryl methyl sites for hydroxylation is 1. The second-order valence-electron chi connectivity index (χ2n) is 7.25. The van der Waals surface area contributed by atoms with Crippen LogP contribution in [0.3, 0.4) is 0 Å². The fourth-order valence-electron chi connectivity index (χ4n) is 3.70. The van der Waals surface area contributed by atoms with E-state index in [0.717, 1.165) is 40.6 Å². The summed E-state index contributed by atoms with van der Waals surface area (Å²) in [4.78, 5) is 25.9. The Balaban J connectivity index is 1.39. The van der Waals surface area contributed by atoms with E-state index < -0.39 is 0 Å². The maximum Gasteiger partial charge on any atom is 0.229 e. The van der Waals surface area contributed by atoms with Crippen molar-refractivity contribution < 1.29 is 9.90 Å². The lowest BCUT2D eigenvalue weighted by Gasteiger charge is -2.34. The van der Waals surface area contributed by atoms with Gasteiger partial charge in [0.05, 0.1) is 30.6 Å². The number of benzene rings is 1. The van der Waals surface area contributed by atoms with E-state index in [4.69, 9.17) is 16.6 Å². The van der Waals surface area contributed by atoms with Crippen LogP contribution in [0.25, 0.3) is 11.0 Å². The van der Waals surface area contributed by atoms with Crippen LogP contribution in [0.15, 0.2) is 23.6 Å². The fraction of sp³-hybridized carbons (Fsp3) is 0.450. The van der Waals surface area contributed by atoms with E-state index in [9.17, 15) is 9.90 Å². The molecule has 154 valence electrons. The number of aliphatic hydroxyl groups excluding tert-OH is 1. The molecule has 0 unspecified atom stereocenters. The van der Waals surface area contributed by atoms with Gasteiger partial charge in [-0.15, -0.1) is 11.3 Å². The SMILES string of the molecule is Cc1csc(CC(=O)N2CCN(Cc3nc4ccc(Cl)cc4n3CCO)CC2)n1. The summed E-state index contributed by atoms with van der Waals surface area (Å²) < 4.78 is 2.03. The number of amides is 1. The van der Waals surface area contributed by atoms with Crippen molar-refractivity contribution in [3.05, 3.63) is 45.1 Å². The average molecular weight is 434 g/mol. The van der Waals surface area contributed by atoms with Gasteiger partial charge in [-0.1, -0.05) is 11.6 Å². The molecule has 0 aliphatic carbocycles. The van der Waals surface area contributed by atoms with E-state index in [1.54, 1.807) is 11.3 Å². The molecule has 1 N–H and O–H groups in total. The van der Waals surface area contributed by atoms with Gasteiger partial charge < -0.3 is 14.6 Å². The van der Waals surface area contributed by atoms with Crippen LogP contribution in [0.4, 0.5) is 0 Å². The number of aromatic nitrogens is 3. The number of fused-ring (bicyclic) bond motifs is 1. The molecule has 0 saturated carbocycles. The Kier molecular flexibility index (Phi) is 6.15. The van der Waals surface area contributed by atoms with Crippen molar-refractivity contribution in [3.63, 3.8) is 0 Å². The van der Waals surface area contributed by atoms with Crippen LogP contribution in [0.5, 0.6) is 0 Å². The molecule has 4 rings (SSSR count). The van der Waals surface area contributed by atoms with Gasteiger partial charge in [0.25, 0.3) is 0 Å². The predicted molar refractivity (Wildman–Crippen MR) is 114 cm³/mol. The van der Waals surface area contributed by atoms with E-state index in [2.05, 4.69) is 9.88 Å². The highest BCUT2D eigenvalue weighted by atomic mass is 35.5. The van der Waals surface area contributed by atoms with Crippen molar-refractivity contribution in [1.82, 2.24) is 24.3 Å². The Bertz CT molecular complexity index is 1010. The Morgan fingerprint density at radius 1 is 1.24 bits per heavy atom. The highest BCUT2D eigenvalue weighted by molar-refractivity contribution is 7.09. The summed E-state index contributed by atoms with van der Waals surface area (Å²) in [5.41, 5.74) is 2.79. The number of halogens is 1. The summed E-state index contributed by atoms with van der Waals surface area (Å²) >= 11 is 7.69. The molecule has 1 saturated heterocycles. The fourth-order valence-corrected chi connectivity index (χ4v) is 4.63. The molecule has 29 heavy (non-hydrogen) atoms. The van der Waals surface area contributed by atoms with Gasteiger partial charge in [-0.05, 0) is 25.1 Å². The van der Waals surface area contributed by atoms with Gasteiger partial charge in [-0.2, -0.15) is 0 Å². The van der Waals surface area contributed by atoms with Gasteiger partial charge >= 0.3 is 0 Å². The molecule has 7 nitrogen and oxygen atoms in total. The normalized spacial score (nSPS) is 15.3. The van der Waals surface area contributed by atoms with Gasteiger partial charge in [0.1, 0.15) is 10.8 Å². The Labute approximate surface area is 178 Å². The minimum absolute atomic E-state index is 0.0451. The lowest BCUT2D eigenvalue weighted by molar-refractivity contribution is -0.132. The number of hydrogen-bond acceptors (Lipinski definition) is 6. The van der Waals surface area contributed by atoms with Crippen LogP contribution >= 0.6 is 22.9 Å². The standard InChI is InChI=1S/C20H24ClN5O2S/c1-14-13-29-19(22-14)11-20(28)25-6-4-24(5-7-25)12-18-23-16-3-2-15(21)10-17(16)26(18)8-9-27/h2-3,10,13,27H,4-9,11-12H2,1H3. The number of rotatable bonds is 6. The summed E-state index contributed by atoms with van der Waals surface area (Å²) in [6, 6.07) is 5.63. The molecule has 1 fully saturated rings. The molecule has 2 aromatic heterocycles. The summed E-state index contributed by atoms with van der Waals surface area (Å²) in [7, 11) is 0. The van der Waals surface area contributed by atoms with Crippen molar-refractivity contribution in [2.24, 2.45) is 0 Å². The lowest BCUT2D eigenvalue weighted by Crippen LogP contribution is -2.49. The van der Waals surface area contributed by atoms with Crippen LogP contribution < -0.4 is 0 Å². The summed E-state index contributed by atoms with van der Waals surface area (Å²) in [6.07, 6.45) is 0.381. The number of thiazole rings is 1. The average Bonchev–Trinajstić information content (AvgIpc) is 3.26. The van der Waals surface area contributed by atoms with Crippen molar-refractivity contribution in [2.45, 2.75) is 26.4 Å². The van der Waals surface area contributed by atoms with Gasteiger partial charge in [-0.25, -0.2) is 9.97 Å². The highest BCUT2D eigenvalue weighted by Gasteiger charge is 2.23. The van der Waals surface area contributed by atoms with Crippen LogP contribution in [0, 0.1) is 6.92 Å². The zero-order valence-electron chi connectivity index (χ0n) is 16.3. The first-order valence-electron chi connectivity index (χ1n) is 9.70. The van der Waals surface area contributed by atoms with Crippen LogP contribution in [0.1, 0.15) is 16.5 Å². The molecule has 1 aliphatic heterocycles. The molecule has 3 heterocycles. The molecular formula is C20H24ClN5O2S. The first kappa shape index (κ1) is 20.3. The topological polar surface area (TPSA) is 74.5 Å². The van der Waals surface area contributed by atoms with E-state index in [-0.39, 0.29) is 12.5 Å². The maximum atomic E-state index is 12.5. The van der Waals surface area contributed by atoms with E-state index in [0.29, 0.717) is 37.6 Å². The number of hydrogen-bond donors (Lipinski definition) is 1. The Hall–Kier alpha value is -2.00. The molecule has 0 atom stereocenters. The van der Waals surface area contributed by atoms with Crippen molar-refractivity contribution in [2.75, 3.05) is 32.8 Å². The zero-order valence-corrected chi connectivity index (χ0v) is 17.9. The van der Waals surface area contributed by atoms with E-state index in [1.807, 2.05) is 40.0 Å². The summed E-state index contributed by atoms with van der Waals surface area (Å²) in [5.74, 6) is 1.05. The van der Waals surface area contributed by atoms with Gasteiger partial charge in [0, 0.05) is 48.8 Å². The minimum atomic E-state index is 0.0451. The van der Waals surface area contributed by atoms with Crippen LogP contribution in [-0.4, -0.2) is 68.1 Å². The number of carbonyl (C=O) groups excluding carboxylic acids is 1. The Morgan fingerprint density at radius 2 is 2.03 bits per heavy atom. The van der Waals surface area contributed by atoms with Gasteiger partial charge in [-0.3, -0.25) is 9.69 Å². The molecule has 0 radical (unpaired) electrons. The molecule has 0 spiro atoms. The number of aliphatic hydroxyl groups is 1. The lowest BCUT2D eigenvalue weighted by atomic mass is 10.2. The summed E-state index contributed by atoms with van der Waals surface area (Å²) in [6.45, 7) is 6.16. The second-order valence-corrected chi connectivity index (χ2v) is 8.63. The first-order chi connectivity index (χ1) is 14.0. The maximum absolute atomic E-state index is 12.5.